The van der Waals surface area contributed by atoms with Crippen LogP contribution in [0, 0.1) is 0 Å². The molecule has 0 rings (SSSR count). The Morgan fingerprint density at radius 2 is 1.00 bits per heavy atom. The largest absolute Gasteiger partial charge is 2.00 e. The van der Waals surface area contributed by atoms with Crippen LogP contribution in [0.2, 0.25) is 0 Å². The van der Waals surface area contributed by atoms with Gasteiger partial charge < -0.3 is 22.4 Å². The minimum absolute atomic E-state index is 0. The Balaban J connectivity index is -0.0000000150. The van der Waals surface area contributed by atoms with Crippen molar-refractivity contribution in [1.29, 1.82) is 0 Å². The molecule has 5 heteroatoms. The van der Waals surface area contributed by atoms with Gasteiger partial charge >= 0.3 is 16.5 Å². The van der Waals surface area contributed by atoms with Crippen LogP contribution in [0.3, 0.4) is 0 Å². The average molecular weight is 153 g/mol. The van der Waals surface area contributed by atoms with Crippen molar-refractivity contribution < 1.29 is 27.4 Å². The second kappa shape index (κ2) is 33.1. The molecule has 0 heterocycles. The SMILES string of the molecule is NCCN.[Ni+2].[OH-].[OH-]. The molecule has 0 bridgehead atoms. The maximum Gasteiger partial charge on any atom is 2.00 e. The van der Waals surface area contributed by atoms with Gasteiger partial charge in [-0.1, -0.05) is 0 Å². The molecular formula is C2H10N2NiO2. The summed E-state index contributed by atoms with van der Waals surface area (Å²) in [5.41, 5.74) is 9.81. The Morgan fingerprint density at radius 1 is 0.857 bits per heavy atom. The molecule has 0 aliphatic rings. The molecule has 0 unspecified atom stereocenters. The molecule has 50 valence electrons. The van der Waals surface area contributed by atoms with Crippen LogP contribution in [0.25, 0.3) is 0 Å². The zero-order chi connectivity index (χ0) is 3.41. The molecule has 0 aromatic heterocycles. The topological polar surface area (TPSA) is 112 Å². The predicted molar refractivity (Wildman–Crippen MR) is 22.0 cm³/mol. The van der Waals surface area contributed by atoms with Gasteiger partial charge in [0, 0.05) is 13.1 Å². The first-order chi connectivity index (χ1) is 1.91. The summed E-state index contributed by atoms with van der Waals surface area (Å²) in [5.74, 6) is 0. The second-order valence-electron chi connectivity index (χ2n) is 0.577. The molecule has 0 atom stereocenters. The van der Waals surface area contributed by atoms with E-state index in [0.717, 1.165) is 0 Å². The van der Waals surface area contributed by atoms with Gasteiger partial charge in [0.15, 0.2) is 0 Å². The van der Waals surface area contributed by atoms with Crippen molar-refractivity contribution in [3.63, 3.8) is 0 Å². The van der Waals surface area contributed by atoms with E-state index >= 15 is 0 Å². The molecule has 0 radical (unpaired) electrons. The molecule has 0 aliphatic heterocycles. The molecule has 0 aliphatic carbocycles. The Hall–Kier alpha value is 0.334. The molecule has 7 heavy (non-hydrogen) atoms. The van der Waals surface area contributed by atoms with Crippen LogP contribution in [0.4, 0.5) is 0 Å². The third-order valence-electron chi connectivity index (χ3n) is 0.167. The van der Waals surface area contributed by atoms with Crippen molar-refractivity contribution >= 4 is 0 Å². The van der Waals surface area contributed by atoms with Gasteiger partial charge in [-0.05, 0) is 0 Å². The summed E-state index contributed by atoms with van der Waals surface area (Å²) in [6, 6.07) is 0. The summed E-state index contributed by atoms with van der Waals surface area (Å²) in [7, 11) is 0. The van der Waals surface area contributed by atoms with Crippen LogP contribution < -0.4 is 11.5 Å². The zero-order valence-electron chi connectivity index (χ0n) is 3.78. The van der Waals surface area contributed by atoms with E-state index in [9.17, 15) is 0 Å². The predicted octanol–water partition coefficient (Wildman–Crippen LogP) is -1.45. The van der Waals surface area contributed by atoms with Crippen LogP contribution in [0.5, 0.6) is 0 Å². The number of nitrogens with two attached hydrogens (primary N) is 2. The van der Waals surface area contributed by atoms with Crippen molar-refractivity contribution in [1.82, 2.24) is 0 Å². The zero-order valence-corrected chi connectivity index (χ0v) is 4.77. The minimum atomic E-state index is 0. The summed E-state index contributed by atoms with van der Waals surface area (Å²) < 4.78 is 0. The fourth-order valence-corrected chi connectivity index (χ4v) is 0. The standard InChI is InChI=1S/C2H8N2.Ni.2H2O/c3-1-2-4;;;/h1-4H2;;2*1H2/q;+2;;/p-2. The molecule has 0 fully saturated rings. The first-order valence-corrected chi connectivity index (χ1v) is 1.32. The van der Waals surface area contributed by atoms with Crippen LogP contribution in [-0.2, 0) is 16.5 Å². The third-order valence-corrected chi connectivity index (χ3v) is 0.167. The second-order valence-corrected chi connectivity index (χ2v) is 0.577. The number of hydrogen-bond acceptors (Lipinski definition) is 4. The van der Waals surface area contributed by atoms with E-state index in [1.54, 1.807) is 0 Å². The number of hydrogen-bond donors (Lipinski definition) is 2. The van der Waals surface area contributed by atoms with E-state index in [1.165, 1.54) is 0 Å². The third kappa shape index (κ3) is 66.9. The summed E-state index contributed by atoms with van der Waals surface area (Å²) in [4.78, 5) is 0. The quantitative estimate of drug-likeness (QED) is 0.448. The van der Waals surface area contributed by atoms with Crippen molar-refractivity contribution in [3.8, 4) is 0 Å². The first-order valence-electron chi connectivity index (χ1n) is 1.32. The summed E-state index contributed by atoms with van der Waals surface area (Å²) in [5, 5.41) is 0. The Kier molecular flexibility index (Phi) is 125. The van der Waals surface area contributed by atoms with E-state index in [4.69, 9.17) is 11.5 Å². The van der Waals surface area contributed by atoms with Gasteiger partial charge in [-0.3, -0.25) is 0 Å². The van der Waals surface area contributed by atoms with E-state index in [1.807, 2.05) is 0 Å². The Morgan fingerprint density at radius 3 is 1.00 bits per heavy atom. The normalized spacial score (nSPS) is 4.29. The first kappa shape index (κ1) is 26.5. The molecule has 0 saturated heterocycles. The van der Waals surface area contributed by atoms with Gasteiger partial charge in [0.1, 0.15) is 0 Å². The van der Waals surface area contributed by atoms with E-state index in [0.29, 0.717) is 13.1 Å². The van der Waals surface area contributed by atoms with Crippen molar-refractivity contribution in [3.05, 3.63) is 0 Å². The molecule has 4 nitrogen and oxygen atoms in total. The summed E-state index contributed by atoms with van der Waals surface area (Å²) in [6.45, 7) is 1.19. The molecule has 0 aromatic rings. The molecule has 0 spiro atoms. The Labute approximate surface area is 52.8 Å². The summed E-state index contributed by atoms with van der Waals surface area (Å²) in [6.07, 6.45) is 0. The van der Waals surface area contributed by atoms with Gasteiger partial charge in [-0.2, -0.15) is 0 Å². The van der Waals surface area contributed by atoms with Crippen LogP contribution in [0.15, 0.2) is 0 Å². The smallest absolute Gasteiger partial charge is 0.870 e. The van der Waals surface area contributed by atoms with E-state index < -0.39 is 0 Å². The van der Waals surface area contributed by atoms with Gasteiger partial charge in [-0.25, -0.2) is 0 Å². The summed E-state index contributed by atoms with van der Waals surface area (Å²) >= 11 is 0. The Bertz CT molecular complexity index is 15.7. The van der Waals surface area contributed by atoms with Crippen LogP contribution in [0.1, 0.15) is 0 Å². The van der Waals surface area contributed by atoms with E-state index in [-0.39, 0.29) is 27.4 Å². The van der Waals surface area contributed by atoms with Crippen LogP contribution in [-0.4, -0.2) is 24.0 Å². The molecule has 6 N–H and O–H groups in total. The maximum absolute atomic E-state index is 4.90. The number of rotatable bonds is 1. The van der Waals surface area contributed by atoms with Gasteiger partial charge in [0.25, 0.3) is 0 Å². The van der Waals surface area contributed by atoms with Crippen molar-refractivity contribution in [2.24, 2.45) is 11.5 Å². The van der Waals surface area contributed by atoms with Crippen molar-refractivity contribution in [2.45, 2.75) is 0 Å². The fraction of sp³-hybridized carbons (Fsp3) is 1.00. The molecule has 0 aromatic carbocycles. The minimum Gasteiger partial charge on any atom is -0.870 e. The average Bonchev–Trinajstić information content (AvgIpc) is 1.37. The monoisotopic (exact) mass is 152 g/mol. The molecular weight excluding hydrogens is 143 g/mol. The van der Waals surface area contributed by atoms with Crippen LogP contribution >= 0.6 is 0 Å². The van der Waals surface area contributed by atoms with E-state index in [2.05, 4.69) is 0 Å². The fourth-order valence-electron chi connectivity index (χ4n) is 0. The van der Waals surface area contributed by atoms with Gasteiger partial charge in [0.2, 0.25) is 0 Å². The van der Waals surface area contributed by atoms with Crippen molar-refractivity contribution in [2.75, 3.05) is 13.1 Å². The van der Waals surface area contributed by atoms with Gasteiger partial charge in [0.05, 0.1) is 0 Å². The van der Waals surface area contributed by atoms with Gasteiger partial charge in [-0.15, -0.1) is 0 Å². The molecule has 0 amide bonds. The molecule has 0 saturated carbocycles. The maximum atomic E-state index is 4.90.